The summed E-state index contributed by atoms with van der Waals surface area (Å²) >= 11 is 0. The van der Waals surface area contributed by atoms with E-state index in [1.807, 2.05) is 18.2 Å². The van der Waals surface area contributed by atoms with Gasteiger partial charge in [-0.25, -0.2) is 0 Å². The number of carboxylic acid groups (broad SMARTS) is 1. The molecule has 2 aromatic heterocycles. The van der Waals surface area contributed by atoms with Crippen LogP contribution in [0.5, 0.6) is 0 Å². The zero-order chi connectivity index (χ0) is 10.7. The summed E-state index contributed by atoms with van der Waals surface area (Å²) in [5, 5.41) is 8.57. The summed E-state index contributed by atoms with van der Waals surface area (Å²) in [7, 11) is 0. The molecular weight excluding hydrogens is 194 g/mol. The zero-order valence-corrected chi connectivity index (χ0v) is 7.88. The summed E-state index contributed by atoms with van der Waals surface area (Å²) in [6.45, 7) is 0. The smallest absolute Gasteiger partial charge is 0.311 e. The highest BCUT2D eigenvalue weighted by Crippen LogP contribution is 2.19. The summed E-state index contributed by atoms with van der Waals surface area (Å²) in [4.78, 5) is 14.5. The van der Waals surface area contributed by atoms with Crippen molar-refractivity contribution in [2.75, 3.05) is 0 Å². The van der Waals surface area contributed by atoms with E-state index in [0.29, 0.717) is 17.2 Å². The lowest BCUT2D eigenvalue weighted by Crippen LogP contribution is -1.97. The normalized spacial score (nSPS) is 10.1. The van der Waals surface area contributed by atoms with Crippen molar-refractivity contribution in [3.8, 4) is 11.5 Å². The Bertz CT molecular complexity index is 462. The third kappa shape index (κ3) is 2.22. The summed E-state index contributed by atoms with van der Waals surface area (Å²) in [6, 6.07) is 8.84. The molecule has 0 amide bonds. The first-order valence-corrected chi connectivity index (χ1v) is 4.47. The van der Waals surface area contributed by atoms with E-state index < -0.39 is 5.97 Å². The Labute approximate surface area is 86.2 Å². The van der Waals surface area contributed by atoms with Gasteiger partial charge in [0.05, 0.1) is 0 Å². The SMILES string of the molecule is O=C(O)Cc1ccc(-c2ccccn2)o1. The molecule has 2 heterocycles. The van der Waals surface area contributed by atoms with Gasteiger partial charge in [-0.05, 0) is 24.3 Å². The van der Waals surface area contributed by atoms with Crippen LogP contribution in [0.25, 0.3) is 11.5 Å². The molecule has 0 spiro atoms. The van der Waals surface area contributed by atoms with Crippen LogP contribution >= 0.6 is 0 Å². The van der Waals surface area contributed by atoms with E-state index in [1.165, 1.54) is 0 Å². The van der Waals surface area contributed by atoms with Crippen LogP contribution < -0.4 is 0 Å². The lowest BCUT2D eigenvalue weighted by atomic mass is 10.3. The molecule has 2 aromatic rings. The van der Waals surface area contributed by atoms with Crippen LogP contribution in [0.3, 0.4) is 0 Å². The van der Waals surface area contributed by atoms with Crippen molar-refractivity contribution in [1.29, 1.82) is 0 Å². The zero-order valence-electron chi connectivity index (χ0n) is 7.88. The quantitative estimate of drug-likeness (QED) is 0.828. The highest BCUT2D eigenvalue weighted by Gasteiger charge is 2.07. The second kappa shape index (κ2) is 3.96. The Morgan fingerprint density at radius 1 is 1.33 bits per heavy atom. The minimum absolute atomic E-state index is 0.104. The van der Waals surface area contributed by atoms with Gasteiger partial charge in [0.1, 0.15) is 17.9 Å². The molecule has 4 nitrogen and oxygen atoms in total. The molecule has 0 atom stereocenters. The maximum absolute atomic E-state index is 10.4. The summed E-state index contributed by atoms with van der Waals surface area (Å²) in [6.07, 6.45) is 1.56. The first-order chi connectivity index (χ1) is 7.25. The first kappa shape index (κ1) is 9.45. The lowest BCUT2D eigenvalue weighted by molar-refractivity contribution is -0.136. The van der Waals surface area contributed by atoms with Crippen molar-refractivity contribution >= 4 is 5.97 Å². The van der Waals surface area contributed by atoms with Gasteiger partial charge >= 0.3 is 5.97 Å². The maximum atomic E-state index is 10.4. The van der Waals surface area contributed by atoms with Gasteiger partial charge in [-0.15, -0.1) is 0 Å². The van der Waals surface area contributed by atoms with E-state index in [-0.39, 0.29) is 6.42 Å². The molecule has 1 N–H and O–H groups in total. The van der Waals surface area contributed by atoms with Crippen LogP contribution in [-0.2, 0) is 11.2 Å². The molecule has 15 heavy (non-hydrogen) atoms. The number of hydrogen-bond donors (Lipinski definition) is 1. The largest absolute Gasteiger partial charge is 0.481 e. The molecule has 0 saturated heterocycles. The number of carboxylic acids is 1. The Balaban J connectivity index is 2.24. The van der Waals surface area contributed by atoms with Gasteiger partial charge in [0.2, 0.25) is 0 Å². The minimum Gasteiger partial charge on any atom is -0.481 e. The summed E-state index contributed by atoms with van der Waals surface area (Å²) in [5.74, 6) is 0.118. The number of pyridine rings is 1. The van der Waals surface area contributed by atoms with Crippen molar-refractivity contribution in [1.82, 2.24) is 4.98 Å². The van der Waals surface area contributed by atoms with Gasteiger partial charge in [-0.1, -0.05) is 6.07 Å². The monoisotopic (exact) mass is 203 g/mol. The van der Waals surface area contributed by atoms with Crippen molar-refractivity contribution in [3.05, 3.63) is 42.3 Å². The Morgan fingerprint density at radius 3 is 2.87 bits per heavy atom. The van der Waals surface area contributed by atoms with Crippen LogP contribution in [0.15, 0.2) is 40.9 Å². The number of hydrogen-bond acceptors (Lipinski definition) is 3. The van der Waals surface area contributed by atoms with Crippen LogP contribution in [-0.4, -0.2) is 16.1 Å². The average Bonchev–Trinajstić information content (AvgIpc) is 2.67. The Hall–Kier alpha value is -2.10. The third-order valence-electron chi connectivity index (χ3n) is 1.90. The number of aromatic nitrogens is 1. The fourth-order valence-corrected chi connectivity index (χ4v) is 1.27. The summed E-state index contributed by atoms with van der Waals surface area (Å²) in [5.41, 5.74) is 0.703. The van der Waals surface area contributed by atoms with Gasteiger partial charge < -0.3 is 9.52 Å². The molecule has 0 saturated carbocycles. The highest BCUT2D eigenvalue weighted by molar-refractivity contribution is 5.69. The molecule has 0 unspecified atom stereocenters. The third-order valence-corrected chi connectivity index (χ3v) is 1.90. The maximum Gasteiger partial charge on any atom is 0.311 e. The van der Waals surface area contributed by atoms with Crippen LogP contribution in [0.2, 0.25) is 0 Å². The average molecular weight is 203 g/mol. The number of rotatable bonds is 3. The standard InChI is InChI=1S/C11H9NO3/c13-11(14)7-8-4-5-10(15-8)9-3-1-2-6-12-9/h1-6H,7H2,(H,13,14). The van der Waals surface area contributed by atoms with Crippen LogP contribution in [0.1, 0.15) is 5.76 Å². The Kier molecular flexibility index (Phi) is 2.49. The van der Waals surface area contributed by atoms with Crippen LogP contribution in [0, 0.1) is 0 Å². The second-order valence-corrected chi connectivity index (χ2v) is 3.05. The molecule has 0 radical (unpaired) electrons. The van der Waals surface area contributed by atoms with Gasteiger partial charge in [0, 0.05) is 6.20 Å². The van der Waals surface area contributed by atoms with Gasteiger partial charge in [-0.3, -0.25) is 9.78 Å². The molecule has 0 aliphatic rings. The fourth-order valence-electron chi connectivity index (χ4n) is 1.27. The number of furan rings is 1. The van der Waals surface area contributed by atoms with Crippen molar-refractivity contribution < 1.29 is 14.3 Å². The van der Waals surface area contributed by atoms with Gasteiger partial charge in [-0.2, -0.15) is 0 Å². The molecule has 0 bridgehead atoms. The molecule has 2 rings (SSSR count). The van der Waals surface area contributed by atoms with E-state index in [9.17, 15) is 4.79 Å². The predicted molar refractivity (Wildman–Crippen MR) is 53.3 cm³/mol. The molecule has 76 valence electrons. The molecule has 0 aliphatic heterocycles. The number of carbonyl (C=O) groups is 1. The topological polar surface area (TPSA) is 63.3 Å². The predicted octanol–water partition coefficient (Wildman–Crippen LogP) is 1.97. The van der Waals surface area contributed by atoms with E-state index in [2.05, 4.69) is 4.98 Å². The summed E-state index contributed by atoms with van der Waals surface area (Å²) < 4.78 is 5.34. The van der Waals surface area contributed by atoms with E-state index in [1.54, 1.807) is 18.3 Å². The van der Waals surface area contributed by atoms with Gasteiger partial charge in [0.25, 0.3) is 0 Å². The van der Waals surface area contributed by atoms with Crippen molar-refractivity contribution in [3.63, 3.8) is 0 Å². The molecule has 0 aliphatic carbocycles. The van der Waals surface area contributed by atoms with Crippen LogP contribution in [0.4, 0.5) is 0 Å². The van der Waals surface area contributed by atoms with E-state index >= 15 is 0 Å². The highest BCUT2D eigenvalue weighted by atomic mass is 16.4. The Morgan fingerprint density at radius 2 is 2.20 bits per heavy atom. The molecular formula is C11H9NO3. The molecule has 4 heteroatoms. The van der Waals surface area contributed by atoms with Crippen molar-refractivity contribution in [2.24, 2.45) is 0 Å². The van der Waals surface area contributed by atoms with Crippen molar-refractivity contribution in [2.45, 2.75) is 6.42 Å². The number of aliphatic carboxylic acids is 1. The lowest BCUT2D eigenvalue weighted by Gasteiger charge is -1.94. The number of nitrogens with zero attached hydrogens (tertiary/aromatic N) is 1. The molecule has 0 fully saturated rings. The molecule has 0 aromatic carbocycles. The van der Waals surface area contributed by atoms with E-state index in [4.69, 9.17) is 9.52 Å². The first-order valence-electron chi connectivity index (χ1n) is 4.47. The second-order valence-electron chi connectivity index (χ2n) is 3.05. The van der Waals surface area contributed by atoms with Gasteiger partial charge in [0.15, 0.2) is 5.76 Å². The fraction of sp³-hybridized carbons (Fsp3) is 0.0909. The van der Waals surface area contributed by atoms with E-state index in [0.717, 1.165) is 0 Å². The minimum atomic E-state index is -0.906.